The van der Waals surface area contributed by atoms with Crippen molar-refractivity contribution >= 4 is 56.7 Å². The molecule has 2 aromatic carbocycles. The highest BCUT2D eigenvalue weighted by molar-refractivity contribution is 8.32. The standard InChI is InChI=1S/C24H37ClN2O5S.C6H5Cl.C3H6/c1-24(2,3)32-22(29)16-26-15-18(10-11-21(26)28)23(30)27(17-31-12-13-33(4,5)6)20-9-7-8-19(25)14-20;7-6-4-2-1-3-5-6;1-3-2/h7-9,14,18H,10-13,15-17H2,1-6H3;1-5H;3H,1H2,2H3. The summed E-state index contributed by atoms with van der Waals surface area (Å²) < 4.78 is 11.2. The molecule has 3 rings (SSSR count). The van der Waals surface area contributed by atoms with Gasteiger partial charge in [-0.3, -0.25) is 19.3 Å². The maximum Gasteiger partial charge on any atom is 0.326 e. The molecule has 240 valence electrons. The fraction of sp³-hybridized carbons (Fsp3) is 0.485. The molecular formula is C33H48Cl2N2O5S. The third kappa shape index (κ3) is 16.8. The van der Waals surface area contributed by atoms with Gasteiger partial charge in [-0.15, -0.1) is 6.58 Å². The number of hydrogen-bond donors (Lipinski definition) is 0. The molecule has 2 amide bonds. The number of ether oxygens (including phenoxy) is 2. The summed E-state index contributed by atoms with van der Waals surface area (Å²) in [5, 5.41) is 1.32. The molecule has 0 radical (unpaired) electrons. The molecule has 7 nitrogen and oxygen atoms in total. The summed E-state index contributed by atoms with van der Waals surface area (Å²) in [4.78, 5) is 41.2. The van der Waals surface area contributed by atoms with E-state index in [1.54, 1.807) is 49.9 Å². The van der Waals surface area contributed by atoms with Crippen LogP contribution in [0.4, 0.5) is 5.69 Å². The van der Waals surface area contributed by atoms with Crippen LogP contribution in [0.15, 0.2) is 67.3 Å². The normalized spacial score (nSPS) is 15.2. The van der Waals surface area contributed by atoms with Crippen LogP contribution >= 0.6 is 33.2 Å². The molecule has 1 heterocycles. The van der Waals surface area contributed by atoms with Crippen molar-refractivity contribution < 1.29 is 23.9 Å². The van der Waals surface area contributed by atoms with Gasteiger partial charge in [0.05, 0.1) is 12.5 Å². The number of amides is 2. The smallest absolute Gasteiger partial charge is 0.326 e. The van der Waals surface area contributed by atoms with Gasteiger partial charge in [-0.2, -0.15) is 0 Å². The number of hydrogen-bond acceptors (Lipinski definition) is 5. The van der Waals surface area contributed by atoms with Gasteiger partial charge in [0.15, 0.2) is 0 Å². The van der Waals surface area contributed by atoms with E-state index in [1.807, 2.05) is 43.3 Å². The zero-order chi connectivity index (χ0) is 32.6. The predicted molar refractivity (Wildman–Crippen MR) is 182 cm³/mol. The zero-order valence-corrected chi connectivity index (χ0v) is 28.9. The number of likely N-dealkylation sites (tertiary alicyclic amines) is 1. The molecule has 0 spiro atoms. The van der Waals surface area contributed by atoms with E-state index in [4.69, 9.17) is 32.7 Å². The van der Waals surface area contributed by atoms with Gasteiger partial charge < -0.3 is 14.4 Å². The van der Waals surface area contributed by atoms with Crippen LogP contribution in [0.3, 0.4) is 0 Å². The Labute approximate surface area is 269 Å². The van der Waals surface area contributed by atoms with Gasteiger partial charge in [0.25, 0.3) is 0 Å². The van der Waals surface area contributed by atoms with Gasteiger partial charge in [-0.25, -0.2) is 10.0 Å². The van der Waals surface area contributed by atoms with Crippen molar-refractivity contribution in [3.63, 3.8) is 0 Å². The Morgan fingerprint density at radius 2 is 1.67 bits per heavy atom. The molecular weight excluding hydrogens is 607 g/mol. The van der Waals surface area contributed by atoms with Gasteiger partial charge in [0.2, 0.25) is 11.8 Å². The van der Waals surface area contributed by atoms with Crippen molar-refractivity contribution in [1.29, 1.82) is 0 Å². The minimum Gasteiger partial charge on any atom is -0.459 e. The monoisotopic (exact) mass is 654 g/mol. The van der Waals surface area contributed by atoms with Crippen LogP contribution in [0.2, 0.25) is 10.0 Å². The molecule has 2 aromatic rings. The van der Waals surface area contributed by atoms with E-state index in [0.717, 1.165) is 10.8 Å². The Morgan fingerprint density at radius 1 is 1.07 bits per heavy atom. The molecule has 0 saturated carbocycles. The average Bonchev–Trinajstić information content (AvgIpc) is 2.89. The lowest BCUT2D eigenvalue weighted by Crippen LogP contribution is -2.49. The Morgan fingerprint density at radius 3 is 2.19 bits per heavy atom. The van der Waals surface area contributed by atoms with Crippen LogP contribution in [0, 0.1) is 5.92 Å². The van der Waals surface area contributed by atoms with Crippen molar-refractivity contribution in [3.8, 4) is 0 Å². The van der Waals surface area contributed by atoms with Gasteiger partial charge in [0.1, 0.15) is 18.9 Å². The highest BCUT2D eigenvalue weighted by atomic mass is 35.5. The number of allylic oxidation sites excluding steroid dienone is 1. The van der Waals surface area contributed by atoms with Crippen molar-refractivity contribution in [2.45, 2.75) is 46.1 Å². The summed E-state index contributed by atoms with van der Waals surface area (Å²) in [6, 6.07) is 16.5. The molecule has 1 saturated heterocycles. The molecule has 0 N–H and O–H groups in total. The molecule has 1 fully saturated rings. The zero-order valence-electron chi connectivity index (χ0n) is 26.6. The van der Waals surface area contributed by atoms with Crippen molar-refractivity contribution in [2.24, 2.45) is 5.92 Å². The van der Waals surface area contributed by atoms with Gasteiger partial charge in [-0.05, 0) is 83.2 Å². The van der Waals surface area contributed by atoms with E-state index in [9.17, 15) is 14.4 Å². The molecule has 1 unspecified atom stereocenters. The maximum atomic E-state index is 13.5. The first-order valence-corrected chi connectivity index (χ1v) is 17.9. The first kappa shape index (κ1) is 38.5. The summed E-state index contributed by atoms with van der Waals surface area (Å²) in [5.74, 6) is -0.290. The molecule has 0 aliphatic carbocycles. The lowest BCUT2D eigenvalue weighted by atomic mass is 9.95. The molecule has 43 heavy (non-hydrogen) atoms. The van der Waals surface area contributed by atoms with Gasteiger partial charge >= 0.3 is 5.97 Å². The van der Waals surface area contributed by atoms with Crippen LogP contribution in [-0.4, -0.2) is 79.2 Å². The molecule has 1 aliphatic rings. The molecule has 1 aliphatic heterocycles. The SMILES string of the molecule is C=CC.CC(C)(C)OC(=O)CN1CC(C(=O)N(COCCS(C)(C)C)c2cccc(Cl)c2)CCC1=O.Clc1ccccc1. The Balaban J connectivity index is 0.000000784. The van der Waals surface area contributed by atoms with Gasteiger partial charge in [0, 0.05) is 34.5 Å². The lowest BCUT2D eigenvalue weighted by molar-refractivity contribution is -0.160. The van der Waals surface area contributed by atoms with E-state index in [2.05, 4.69) is 25.3 Å². The van der Waals surface area contributed by atoms with E-state index in [-0.39, 0.29) is 38.1 Å². The fourth-order valence-corrected chi connectivity index (χ4v) is 4.76. The first-order valence-electron chi connectivity index (χ1n) is 14.1. The lowest BCUT2D eigenvalue weighted by Gasteiger charge is -2.35. The number of esters is 1. The Hall–Kier alpha value is -2.52. The van der Waals surface area contributed by atoms with Crippen LogP contribution in [0.25, 0.3) is 0 Å². The molecule has 1 atom stereocenters. The van der Waals surface area contributed by atoms with Crippen molar-refractivity contribution in [2.75, 3.05) is 55.8 Å². The van der Waals surface area contributed by atoms with E-state index >= 15 is 0 Å². The topological polar surface area (TPSA) is 76.2 Å². The fourth-order valence-electron chi connectivity index (χ4n) is 3.81. The van der Waals surface area contributed by atoms with E-state index < -0.39 is 27.5 Å². The molecule has 0 aromatic heterocycles. The van der Waals surface area contributed by atoms with Crippen molar-refractivity contribution in [3.05, 3.63) is 77.3 Å². The third-order valence-corrected chi connectivity index (χ3v) is 7.65. The number of carbonyl (C=O) groups excluding carboxylic acids is 3. The molecule has 0 bridgehead atoms. The van der Waals surface area contributed by atoms with Crippen LogP contribution in [0.1, 0.15) is 40.5 Å². The highest BCUT2D eigenvalue weighted by Gasteiger charge is 2.35. The van der Waals surface area contributed by atoms with Gasteiger partial charge in [-0.1, -0.05) is 53.5 Å². The second-order valence-corrected chi connectivity index (χ2v) is 17.3. The number of nitrogens with zero attached hydrogens (tertiary/aromatic N) is 2. The average molecular weight is 656 g/mol. The molecule has 10 heteroatoms. The van der Waals surface area contributed by atoms with E-state index in [1.165, 1.54) is 4.90 Å². The predicted octanol–water partition coefficient (Wildman–Crippen LogP) is 7.45. The second kappa shape index (κ2) is 19.0. The third-order valence-electron chi connectivity index (χ3n) is 5.77. The summed E-state index contributed by atoms with van der Waals surface area (Å²) in [6.07, 6.45) is 9.03. The first-order chi connectivity index (χ1) is 20.1. The second-order valence-electron chi connectivity index (χ2n) is 11.9. The van der Waals surface area contributed by atoms with Crippen LogP contribution in [0.5, 0.6) is 0 Å². The van der Waals surface area contributed by atoms with Crippen LogP contribution in [-0.2, 0) is 23.9 Å². The largest absolute Gasteiger partial charge is 0.459 e. The van der Waals surface area contributed by atoms with Crippen molar-refractivity contribution in [1.82, 2.24) is 4.90 Å². The summed E-state index contributed by atoms with van der Waals surface area (Å²) >= 11 is 11.7. The quantitative estimate of drug-likeness (QED) is 0.121. The number of rotatable bonds is 9. The van der Waals surface area contributed by atoms with Crippen LogP contribution < -0.4 is 4.90 Å². The minimum atomic E-state index is -0.710. The number of carbonyl (C=O) groups is 3. The number of halogens is 2. The summed E-state index contributed by atoms with van der Waals surface area (Å²) in [6.45, 7) is 11.2. The minimum absolute atomic E-state index is 0.102. The summed E-state index contributed by atoms with van der Waals surface area (Å²) in [5.41, 5.74) is 0.00636. The number of anilines is 1. The Bertz CT molecular complexity index is 1170. The number of benzene rings is 2. The van der Waals surface area contributed by atoms with E-state index in [0.29, 0.717) is 23.7 Å². The maximum absolute atomic E-state index is 13.5. The number of piperidine rings is 1. The highest BCUT2D eigenvalue weighted by Crippen LogP contribution is 2.33. The Kier molecular flexibility index (Phi) is 17.0. The summed E-state index contributed by atoms with van der Waals surface area (Å²) in [7, 11) is -0.710.